The summed E-state index contributed by atoms with van der Waals surface area (Å²) in [5.41, 5.74) is 0. The molecular formula is C19H25N5O2S. The van der Waals surface area contributed by atoms with Crippen molar-refractivity contribution in [3.63, 3.8) is 0 Å². The molecule has 144 valence electrons. The Kier molecular flexibility index (Phi) is 6.89. The fourth-order valence-electron chi connectivity index (χ4n) is 3.20. The smallest absolute Gasteiger partial charge is 0.243 e. The third-order valence-electron chi connectivity index (χ3n) is 4.88. The first-order chi connectivity index (χ1) is 13.1. The van der Waals surface area contributed by atoms with Crippen LogP contribution in [0.3, 0.4) is 0 Å². The molecule has 2 aromatic rings. The number of thiophene rings is 1. The van der Waals surface area contributed by atoms with E-state index in [-0.39, 0.29) is 23.8 Å². The summed E-state index contributed by atoms with van der Waals surface area (Å²) in [6.07, 6.45) is 5.60. The van der Waals surface area contributed by atoms with Crippen LogP contribution in [0.1, 0.15) is 24.6 Å². The van der Waals surface area contributed by atoms with Gasteiger partial charge in [0, 0.05) is 29.7 Å². The number of carbonyl (C=O) groups is 2. The molecule has 8 heteroatoms. The molecule has 7 nitrogen and oxygen atoms in total. The normalized spacial score (nSPS) is 16.6. The number of hydrogen-bond acceptors (Lipinski definition) is 6. The molecule has 1 aliphatic heterocycles. The Hall–Kier alpha value is -2.32. The van der Waals surface area contributed by atoms with Crippen LogP contribution in [-0.2, 0) is 16.0 Å². The topological polar surface area (TPSA) is 87.2 Å². The van der Waals surface area contributed by atoms with Gasteiger partial charge in [-0.25, -0.2) is 9.97 Å². The third kappa shape index (κ3) is 5.58. The first-order valence-corrected chi connectivity index (χ1v) is 10.1. The highest BCUT2D eigenvalue weighted by molar-refractivity contribution is 7.09. The van der Waals surface area contributed by atoms with Crippen molar-refractivity contribution >= 4 is 29.1 Å². The quantitative estimate of drug-likeness (QED) is 0.758. The molecule has 3 heterocycles. The van der Waals surface area contributed by atoms with Crippen molar-refractivity contribution in [2.75, 3.05) is 25.0 Å². The summed E-state index contributed by atoms with van der Waals surface area (Å²) >= 11 is 1.71. The highest BCUT2D eigenvalue weighted by atomic mass is 32.1. The Morgan fingerprint density at radius 3 is 2.67 bits per heavy atom. The van der Waals surface area contributed by atoms with Crippen molar-refractivity contribution in [1.29, 1.82) is 0 Å². The second-order valence-electron chi connectivity index (χ2n) is 6.67. The SMILES string of the molecule is CC(C(=O)Nc1ncccn1)N1CCC(C(=O)NCCc2cccs2)CC1. The number of nitrogens with zero attached hydrogens (tertiary/aromatic N) is 3. The molecular weight excluding hydrogens is 362 g/mol. The summed E-state index contributed by atoms with van der Waals surface area (Å²) in [5.74, 6) is 0.340. The number of amides is 2. The molecule has 0 bridgehead atoms. The number of anilines is 1. The molecule has 0 radical (unpaired) electrons. The molecule has 27 heavy (non-hydrogen) atoms. The van der Waals surface area contributed by atoms with Gasteiger partial charge in [0.1, 0.15) is 0 Å². The second kappa shape index (κ2) is 9.57. The monoisotopic (exact) mass is 387 g/mol. The zero-order chi connectivity index (χ0) is 19.1. The van der Waals surface area contributed by atoms with Crippen LogP contribution >= 0.6 is 11.3 Å². The van der Waals surface area contributed by atoms with E-state index in [1.54, 1.807) is 29.8 Å². The van der Waals surface area contributed by atoms with Crippen molar-refractivity contribution in [2.45, 2.75) is 32.2 Å². The van der Waals surface area contributed by atoms with Gasteiger partial charge >= 0.3 is 0 Å². The molecule has 1 aliphatic rings. The Labute approximate surface area is 163 Å². The minimum absolute atomic E-state index is 0.0253. The molecule has 1 atom stereocenters. The molecule has 2 N–H and O–H groups in total. The van der Waals surface area contributed by atoms with E-state index in [4.69, 9.17) is 0 Å². The highest BCUT2D eigenvalue weighted by Gasteiger charge is 2.29. The van der Waals surface area contributed by atoms with Gasteiger partial charge in [0.25, 0.3) is 0 Å². The number of carbonyl (C=O) groups excluding carboxylic acids is 2. The van der Waals surface area contributed by atoms with E-state index in [9.17, 15) is 9.59 Å². The van der Waals surface area contributed by atoms with Crippen LogP contribution < -0.4 is 10.6 Å². The fourth-order valence-corrected chi connectivity index (χ4v) is 3.91. The molecule has 2 aromatic heterocycles. The van der Waals surface area contributed by atoms with E-state index in [2.05, 4.69) is 31.6 Å². The lowest BCUT2D eigenvalue weighted by molar-refractivity contribution is -0.127. The summed E-state index contributed by atoms with van der Waals surface area (Å²) < 4.78 is 0. The number of nitrogens with one attached hydrogen (secondary N) is 2. The maximum absolute atomic E-state index is 12.4. The zero-order valence-electron chi connectivity index (χ0n) is 15.4. The second-order valence-corrected chi connectivity index (χ2v) is 7.70. The van der Waals surface area contributed by atoms with Crippen LogP contribution in [0.2, 0.25) is 0 Å². The largest absolute Gasteiger partial charge is 0.355 e. The Bertz CT molecular complexity index is 730. The van der Waals surface area contributed by atoms with Gasteiger partial charge in [0.2, 0.25) is 17.8 Å². The van der Waals surface area contributed by atoms with Gasteiger partial charge in [-0.3, -0.25) is 19.8 Å². The molecule has 0 spiro atoms. The first-order valence-electron chi connectivity index (χ1n) is 9.25. The lowest BCUT2D eigenvalue weighted by Crippen LogP contribution is -2.48. The molecule has 0 aromatic carbocycles. The van der Waals surface area contributed by atoms with Crippen LogP contribution in [0.5, 0.6) is 0 Å². The summed E-state index contributed by atoms with van der Waals surface area (Å²) in [6.45, 7) is 4.01. The van der Waals surface area contributed by atoms with Crippen molar-refractivity contribution in [3.05, 3.63) is 40.8 Å². The number of piperidine rings is 1. The predicted molar refractivity (Wildman–Crippen MR) is 105 cm³/mol. The van der Waals surface area contributed by atoms with Crippen LogP contribution in [0.15, 0.2) is 36.0 Å². The molecule has 2 amide bonds. The molecule has 0 saturated carbocycles. The Morgan fingerprint density at radius 1 is 1.26 bits per heavy atom. The van der Waals surface area contributed by atoms with Crippen LogP contribution in [0.25, 0.3) is 0 Å². The number of rotatable bonds is 7. The summed E-state index contributed by atoms with van der Waals surface area (Å²) in [4.78, 5) is 36.1. The van der Waals surface area contributed by atoms with E-state index >= 15 is 0 Å². The van der Waals surface area contributed by atoms with E-state index in [1.807, 2.05) is 18.4 Å². The Balaban J connectivity index is 1.39. The van der Waals surface area contributed by atoms with E-state index < -0.39 is 0 Å². The van der Waals surface area contributed by atoms with Gasteiger partial charge in [0.05, 0.1) is 6.04 Å². The van der Waals surface area contributed by atoms with Crippen molar-refractivity contribution in [2.24, 2.45) is 5.92 Å². The van der Waals surface area contributed by atoms with Crippen molar-refractivity contribution in [3.8, 4) is 0 Å². The van der Waals surface area contributed by atoms with E-state index in [1.165, 1.54) is 4.88 Å². The summed E-state index contributed by atoms with van der Waals surface area (Å²) in [6, 6.07) is 5.53. The number of likely N-dealkylation sites (tertiary alicyclic amines) is 1. The molecule has 1 saturated heterocycles. The van der Waals surface area contributed by atoms with Crippen LogP contribution in [-0.4, -0.2) is 52.4 Å². The lowest BCUT2D eigenvalue weighted by atomic mass is 9.95. The van der Waals surface area contributed by atoms with Crippen molar-refractivity contribution < 1.29 is 9.59 Å². The van der Waals surface area contributed by atoms with E-state index in [0.29, 0.717) is 12.5 Å². The molecule has 1 fully saturated rings. The van der Waals surface area contributed by atoms with Gasteiger partial charge in [-0.1, -0.05) is 6.07 Å². The maximum Gasteiger partial charge on any atom is 0.243 e. The van der Waals surface area contributed by atoms with E-state index in [0.717, 1.165) is 32.4 Å². The van der Waals surface area contributed by atoms with Gasteiger partial charge in [0.15, 0.2) is 0 Å². The maximum atomic E-state index is 12.4. The average Bonchev–Trinajstić information content (AvgIpc) is 3.21. The van der Waals surface area contributed by atoms with Gasteiger partial charge in [-0.15, -0.1) is 11.3 Å². The van der Waals surface area contributed by atoms with Gasteiger partial charge in [-0.05, 0) is 56.8 Å². The standard InChI is InChI=1S/C19H25N5O2S/c1-14(17(25)23-19-21-8-3-9-22-19)24-11-6-15(7-12-24)18(26)20-10-5-16-4-2-13-27-16/h2-4,8-9,13-15H,5-7,10-12H2,1H3,(H,20,26)(H,21,22,23,25). The first kappa shape index (κ1) is 19.4. The fraction of sp³-hybridized carbons (Fsp3) is 0.474. The third-order valence-corrected chi connectivity index (χ3v) is 5.82. The highest BCUT2D eigenvalue weighted by Crippen LogP contribution is 2.20. The van der Waals surface area contributed by atoms with Gasteiger partial charge in [-0.2, -0.15) is 0 Å². The summed E-state index contributed by atoms with van der Waals surface area (Å²) in [7, 11) is 0. The minimum Gasteiger partial charge on any atom is -0.355 e. The predicted octanol–water partition coefficient (Wildman–Crippen LogP) is 1.94. The molecule has 0 aliphatic carbocycles. The van der Waals surface area contributed by atoms with Crippen LogP contribution in [0, 0.1) is 5.92 Å². The molecule has 1 unspecified atom stereocenters. The average molecular weight is 388 g/mol. The molecule has 3 rings (SSSR count). The van der Waals surface area contributed by atoms with Crippen molar-refractivity contribution in [1.82, 2.24) is 20.2 Å². The number of hydrogen-bond donors (Lipinski definition) is 2. The Morgan fingerprint density at radius 2 is 2.00 bits per heavy atom. The lowest BCUT2D eigenvalue weighted by Gasteiger charge is -2.34. The van der Waals surface area contributed by atoms with Crippen LogP contribution in [0.4, 0.5) is 5.95 Å². The summed E-state index contributed by atoms with van der Waals surface area (Å²) in [5, 5.41) is 7.83. The minimum atomic E-state index is -0.281. The number of aromatic nitrogens is 2. The van der Waals surface area contributed by atoms with Gasteiger partial charge < -0.3 is 5.32 Å². The zero-order valence-corrected chi connectivity index (χ0v) is 16.2.